The van der Waals surface area contributed by atoms with Gasteiger partial charge in [0.1, 0.15) is 0 Å². The van der Waals surface area contributed by atoms with Gasteiger partial charge in [-0.1, -0.05) is 13.3 Å². The number of nitrogens with one attached hydrogen (secondary N) is 1. The summed E-state index contributed by atoms with van der Waals surface area (Å²) in [6, 6.07) is 5.33. The Kier molecular flexibility index (Phi) is 5.49. The number of carbonyl (C=O) groups is 1. The van der Waals surface area contributed by atoms with E-state index in [9.17, 15) is 4.79 Å². The van der Waals surface area contributed by atoms with Gasteiger partial charge in [0.05, 0.1) is 14.2 Å². The Hall–Kier alpha value is -1.71. The molecule has 0 aliphatic carbocycles. The minimum absolute atomic E-state index is 0.0862. The number of hydrogen-bond acceptors (Lipinski definition) is 3. The molecule has 1 aromatic rings. The first-order chi connectivity index (χ1) is 8.62. The highest BCUT2D eigenvalue weighted by Crippen LogP contribution is 2.27. The minimum atomic E-state index is -0.0862. The van der Waals surface area contributed by atoms with Crippen LogP contribution in [-0.2, 0) is 0 Å². The van der Waals surface area contributed by atoms with E-state index in [0.29, 0.717) is 17.1 Å². The van der Waals surface area contributed by atoms with Crippen LogP contribution < -0.4 is 14.8 Å². The molecule has 1 rings (SSSR count). The van der Waals surface area contributed by atoms with Gasteiger partial charge in [-0.3, -0.25) is 4.79 Å². The molecule has 0 aliphatic rings. The summed E-state index contributed by atoms with van der Waals surface area (Å²) in [4.78, 5) is 12.0. The summed E-state index contributed by atoms with van der Waals surface area (Å²) in [6.07, 6.45) is 2.02. The summed E-state index contributed by atoms with van der Waals surface area (Å²) in [5.41, 5.74) is 0.579. The van der Waals surface area contributed by atoms with Gasteiger partial charge in [0.15, 0.2) is 11.5 Å². The third kappa shape index (κ3) is 3.65. The Morgan fingerprint density at radius 1 is 1.28 bits per heavy atom. The van der Waals surface area contributed by atoms with Gasteiger partial charge in [-0.15, -0.1) is 0 Å². The SMILES string of the molecule is CCC[C@H](C)NC(=O)c1ccc(OC)c(OC)c1. The average molecular weight is 251 g/mol. The monoisotopic (exact) mass is 251 g/mol. The van der Waals surface area contributed by atoms with Crippen LogP contribution in [0.2, 0.25) is 0 Å². The molecule has 0 spiro atoms. The highest BCUT2D eigenvalue weighted by molar-refractivity contribution is 5.95. The Bertz CT molecular complexity index is 404. The predicted octanol–water partition coefficient (Wildman–Crippen LogP) is 2.62. The molecule has 1 N–H and O–H groups in total. The molecule has 18 heavy (non-hydrogen) atoms. The topological polar surface area (TPSA) is 47.6 Å². The lowest BCUT2D eigenvalue weighted by Gasteiger charge is -2.14. The van der Waals surface area contributed by atoms with Gasteiger partial charge in [0.25, 0.3) is 5.91 Å². The van der Waals surface area contributed by atoms with Crippen LogP contribution >= 0.6 is 0 Å². The number of hydrogen-bond donors (Lipinski definition) is 1. The highest BCUT2D eigenvalue weighted by atomic mass is 16.5. The zero-order valence-corrected chi connectivity index (χ0v) is 11.4. The lowest BCUT2D eigenvalue weighted by atomic mass is 10.1. The van der Waals surface area contributed by atoms with Crippen LogP contribution in [0, 0.1) is 0 Å². The van der Waals surface area contributed by atoms with Crippen molar-refractivity contribution < 1.29 is 14.3 Å². The van der Waals surface area contributed by atoms with E-state index in [4.69, 9.17) is 9.47 Å². The fourth-order valence-corrected chi connectivity index (χ4v) is 1.79. The first-order valence-corrected chi connectivity index (χ1v) is 6.15. The highest BCUT2D eigenvalue weighted by Gasteiger charge is 2.12. The summed E-state index contributed by atoms with van der Waals surface area (Å²) in [5.74, 6) is 1.10. The van der Waals surface area contributed by atoms with Gasteiger partial charge < -0.3 is 14.8 Å². The Morgan fingerprint density at radius 3 is 2.50 bits per heavy atom. The van der Waals surface area contributed by atoms with Crippen molar-refractivity contribution in [1.82, 2.24) is 5.32 Å². The van der Waals surface area contributed by atoms with Crippen molar-refractivity contribution >= 4 is 5.91 Å². The molecule has 0 heterocycles. The number of ether oxygens (including phenoxy) is 2. The van der Waals surface area contributed by atoms with Gasteiger partial charge >= 0.3 is 0 Å². The first-order valence-electron chi connectivity index (χ1n) is 6.15. The fourth-order valence-electron chi connectivity index (χ4n) is 1.79. The van der Waals surface area contributed by atoms with E-state index in [1.165, 1.54) is 0 Å². The lowest BCUT2D eigenvalue weighted by molar-refractivity contribution is 0.0938. The van der Waals surface area contributed by atoms with Crippen LogP contribution in [0.5, 0.6) is 11.5 Å². The van der Waals surface area contributed by atoms with Crippen LogP contribution in [-0.4, -0.2) is 26.2 Å². The Labute approximate surface area is 108 Å². The number of methoxy groups -OCH3 is 2. The van der Waals surface area contributed by atoms with Crippen LogP contribution in [0.1, 0.15) is 37.0 Å². The summed E-state index contributed by atoms with van der Waals surface area (Å²) < 4.78 is 10.3. The molecule has 1 atom stereocenters. The number of rotatable bonds is 6. The van der Waals surface area contributed by atoms with Crippen LogP contribution in [0.4, 0.5) is 0 Å². The van der Waals surface area contributed by atoms with Crippen molar-refractivity contribution in [2.45, 2.75) is 32.7 Å². The summed E-state index contributed by atoms with van der Waals surface area (Å²) in [6.45, 7) is 4.10. The molecule has 0 unspecified atom stereocenters. The number of benzene rings is 1. The maximum absolute atomic E-state index is 12.0. The summed E-state index contributed by atoms with van der Waals surface area (Å²) in [5, 5.41) is 2.95. The molecule has 4 heteroatoms. The molecule has 1 amide bonds. The number of carbonyl (C=O) groups excluding carboxylic acids is 1. The number of amides is 1. The van der Waals surface area contributed by atoms with E-state index in [1.54, 1.807) is 32.4 Å². The van der Waals surface area contributed by atoms with Gasteiger partial charge in [0.2, 0.25) is 0 Å². The van der Waals surface area contributed by atoms with E-state index >= 15 is 0 Å². The van der Waals surface area contributed by atoms with Gasteiger partial charge in [-0.05, 0) is 31.5 Å². The molecule has 0 aromatic heterocycles. The van der Waals surface area contributed by atoms with Crippen molar-refractivity contribution in [3.05, 3.63) is 23.8 Å². The predicted molar refractivity (Wildman–Crippen MR) is 71.4 cm³/mol. The van der Waals surface area contributed by atoms with Crippen molar-refractivity contribution in [3.8, 4) is 11.5 Å². The van der Waals surface area contributed by atoms with E-state index < -0.39 is 0 Å². The summed E-state index contributed by atoms with van der Waals surface area (Å²) in [7, 11) is 3.13. The van der Waals surface area contributed by atoms with E-state index in [2.05, 4.69) is 12.2 Å². The van der Waals surface area contributed by atoms with Crippen molar-refractivity contribution in [2.24, 2.45) is 0 Å². The third-order valence-corrected chi connectivity index (χ3v) is 2.74. The fraction of sp³-hybridized carbons (Fsp3) is 0.500. The molecular weight excluding hydrogens is 230 g/mol. The summed E-state index contributed by atoms with van der Waals surface area (Å²) >= 11 is 0. The standard InChI is InChI=1S/C14H21NO3/c1-5-6-10(2)15-14(16)11-7-8-12(17-3)13(9-11)18-4/h7-10H,5-6H2,1-4H3,(H,15,16)/t10-/m0/s1. The van der Waals surface area contributed by atoms with Crippen molar-refractivity contribution in [1.29, 1.82) is 0 Å². The maximum atomic E-state index is 12.0. The second-order valence-corrected chi connectivity index (χ2v) is 4.23. The van der Waals surface area contributed by atoms with E-state index in [-0.39, 0.29) is 11.9 Å². The molecular formula is C14H21NO3. The normalized spacial score (nSPS) is 11.8. The molecule has 0 saturated carbocycles. The van der Waals surface area contributed by atoms with Gasteiger partial charge in [-0.25, -0.2) is 0 Å². The smallest absolute Gasteiger partial charge is 0.251 e. The third-order valence-electron chi connectivity index (χ3n) is 2.74. The van der Waals surface area contributed by atoms with Crippen LogP contribution in [0.3, 0.4) is 0 Å². The van der Waals surface area contributed by atoms with E-state index in [0.717, 1.165) is 12.8 Å². The molecule has 4 nitrogen and oxygen atoms in total. The molecule has 100 valence electrons. The zero-order valence-electron chi connectivity index (χ0n) is 11.4. The average Bonchev–Trinajstić information content (AvgIpc) is 2.38. The van der Waals surface area contributed by atoms with Crippen molar-refractivity contribution in [3.63, 3.8) is 0 Å². The largest absolute Gasteiger partial charge is 0.493 e. The lowest BCUT2D eigenvalue weighted by Crippen LogP contribution is -2.32. The Balaban J connectivity index is 2.80. The quantitative estimate of drug-likeness (QED) is 0.845. The van der Waals surface area contributed by atoms with Crippen molar-refractivity contribution in [2.75, 3.05) is 14.2 Å². The van der Waals surface area contributed by atoms with Crippen LogP contribution in [0.15, 0.2) is 18.2 Å². The first kappa shape index (κ1) is 14.4. The zero-order chi connectivity index (χ0) is 13.5. The molecule has 0 bridgehead atoms. The molecule has 0 saturated heterocycles. The second-order valence-electron chi connectivity index (χ2n) is 4.23. The van der Waals surface area contributed by atoms with Gasteiger partial charge in [0, 0.05) is 11.6 Å². The second kappa shape index (κ2) is 6.89. The minimum Gasteiger partial charge on any atom is -0.493 e. The van der Waals surface area contributed by atoms with E-state index in [1.807, 2.05) is 6.92 Å². The molecule has 0 aliphatic heterocycles. The maximum Gasteiger partial charge on any atom is 0.251 e. The molecule has 1 aromatic carbocycles. The van der Waals surface area contributed by atoms with Gasteiger partial charge in [-0.2, -0.15) is 0 Å². The molecule has 0 radical (unpaired) electrons. The molecule has 0 fully saturated rings. The Morgan fingerprint density at radius 2 is 1.94 bits per heavy atom. The van der Waals surface area contributed by atoms with Crippen LogP contribution in [0.25, 0.3) is 0 Å².